The highest BCUT2D eigenvalue weighted by molar-refractivity contribution is 6.46. The number of carbonyl (C=O) groups excluding carboxylic acids is 2. The van der Waals surface area contributed by atoms with Crippen molar-refractivity contribution >= 4 is 17.4 Å². The lowest BCUT2D eigenvalue weighted by molar-refractivity contribution is -0.140. The maximum absolute atomic E-state index is 13.2. The number of ether oxygens (including phenoxy) is 1. The Morgan fingerprint density at radius 1 is 1.25 bits per heavy atom. The van der Waals surface area contributed by atoms with E-state index < -0.39 is 23.5 Å². The number of likely N-dealkylation sites (tertiary alicyclic amines) is 1. The van der Waals surface area contributed by atoms with E-state index >= 15 is 0 Å². The van der Waals surface area contributed by atoms with Crippen LogP contribution in [0.4, 0.5) is 4.39 Å². The monoisotopic (exact) mass is 382 g/mol. The van der Waals surface area contributed by atoms with E-state index in [4.69, 9.17) is 4.74 Å². The lowest BCUT2D eigenvalue weighted by Gasteiger charge is -2.27. The lowest BCUT2D eigenvalue weighted by atomic mass is 9.96. The number of aromatic nitrogens is 1. The molecule has 0 unspecified atom stereocenters. The second-order valence-corrected chi connectivity index (χ2v) is 6.88. The minimum atomic E-state index is -0.775. The fraction of sp³-hybridized carbons (Fsp3) is 0.286. The second kappa shape index (κ2) is 7.52. The minimum absolute atomic E-state index is 0.0254. The summed E-state index contributed by atoms with van der Waals surface area (Å²) in [6, 6.07) is 7.82. The van der Waals surface area contributed by atoms with Crippen molar-refractivity contribution in [1.29, 1.82) is 0 Å². The number of nitrogens with zero attached hydrogens (tertiary/aromatic N) is 2. The second-order valence-electron chi connectivity index (χ2n) is 6.88. The van der Waals surface area contributed by atoms with Crippen LogP contribution in [0.5, 0.6) is 0 Å². The molecule has 2 aliphatic rings. The summed E-state index contributed by atoms with van der Waals surface area (Å²) in [5.74, 6) is -2.25. The molecule has 0 bridgehead atoms. The van der Waals surface area contributed by atoms with Crippen molar-refractivity contribution in [3.05, 3.63) is 71.3 Å². The molecule has 0 saturated carbocycles. The molecule has 2 atom stereocenters. The largest absolute Gasteiger partial charge is 0.507 e. The average molecular weight is 382 g/mol. The summed E-state index contributed by atoms with van der Waals surface area (Å²) >= 11 is 0. The number of halogens is 1. The van der Waals surface area contributed by atoms with Crippen LogP contribution in [0.25, 0.3) is 5.76 Å². The van der Waals surface area contributed by atoms with Crippen molar-refractivity contribution in [1.82, 2.24) is 9.88 Å². The van der Waals surface area contributed by atoms with Gasteiger partial charge in [-0.2, -0.15) is 0 Å². The maximum atomic E-state index is 13.2. The topological polar surface area (TPSA) is 79.7 Å². The molecule has 7 heteroatoms. The number of hydrogen-bond acceptors (Lipinski definition) is 5. The van der Waals surface area contributed by atoms with E-state index in [0.717, 1.165) is 12.8 Å². The first-order chi connectivity index (χ1) is 13.6. The SMILES string of the molecule is O=C1C(=O)N(C[C@@H]2CCCO2)[C@@H](c2cccnc2)C1=C(O)c1ccc(F)cc1. The number of amides is 1. The van der Waals surface area contributed by atoms with Gasteiger partial charge in [-0.3, -0.25) is 14.6 Å². The molecule has 0 aliphatic carbocycles. The van der Waals surface area contributed by atoms with Gasteiger partial charge in [0.15, 0.2) is 0 Å². The molecule has 2 saturated heterocycles. The predicted octanol–water partition coefficient (Wildman–Crippen LogP) is 2.82. The van der Waals surface area contributed by atoms with Gasteiger partial charge >= 0.3 is 0 Å². The highest BCUT2D eigenvalue weighted by atomic mass is 19.1. The predicted molar refractivity (Wildman–Crippen MR) is 98.6 cm³/mol. The third-order valence-corrected chi connectivity index (χ3v) is 5.08. The maximum Gasteiger partial charge on any atom is 0.295 e. The summed E-state index contributed by atoms with van der Waals surface area (Å²) < 4.78 is 18.9. The fourth-order valence-corrected chi connectivity index (χ4v) is 3.72. The number of Topliss-reactive ketones (excluding diaryl/α,β-unsaturated/α-hetero) is 1. The van der Waals surface area contributed by atoms with Crippen molar-refractivity contribution < 1.29 is 23.8 Å². The summed E-state index contributed by atoms with van der Waals surface area (Å²) in [7, 11) is 0. The number of ketones is 1. The Bertz CT molecular complexity index is 921. The van der Waals surface area contributed by atoms with E-state index in [0.29, 0.717) is 12.2 Å². The Morgan fingerprint density at radius 3 is 2.68 bits per heavy atom. The summed E-state index contributed by atoms with van der Waals surface area (Å²) in [6.07, 6.45) is 4.72. The van der Waals surface area contributed by atoms with Gasteiger partial charge in [0, 0.05) is 31.1 Å². The zero-order valence-corrected chi connectivity index (χ0v) is 15.0. The van der Waals surface area contributed by atoms with Gasteiger partial charge in [0.25, 0.3) is 11.7 Å². The van der Waals surface area contributed by atoms with Crippen LogP contribution in [0, 0.1) is 5.82 Å². The number of pyridine rings is 1. The zero-order valence-electron chi connectivity index (χ0n) is 15.0. The van der Waals surface area contributed by atoms with Crippen LogP contribution in [0.2, 0.25) is 0 Å². The number of aliphatic hydroxyl groups is 1. The van der Waals surface area contributed by atoms with E-state index in [9.17, 15) is 19.1 Å². The third-order valence-electron chi connectivity index (χ3n) is 5.08. The highest BCUT2D eigenvalue weighted by Crippen LogP contribution is 2.39. The third kappa shape index (κ3) is 3.29. The van der Waals surface area contributed by atoms with Crippen molar-refractivity contribution in [2.75, 3.05) is 13.2 Å². The highest BCUT2D eigenvalue weighted by Gasteiger charge is 2.47. The Labute approximate surface area is 161 Å². The van der Waals surface area contributed by atoms with E-state index in [1.165, 1.54) is 29.2 Å². The molecule has 3 heterocycles. The fourth-order valence-electron chi connectivity index (χ4n) is 3.72. The number of aliphatic hydroxyl groups excluding tert-OH is 1. The average Bonchev–Trinajstić information content (AvgIpc) is 3.31. The normalized spacial score (nSPS) is 24.1. The Kier molecular flexibility index (Phi) is 4.92. The van der Waals surface area contributed by atoms with E-state index in [1.54, 1.807) is 24.5 Å². The van der Waals surface area contributed by atoms with E-state index in [1.807, 2.05) is 0 Å². The molecule has 2 aromatic rings. The molecule has 1 amide bonds. The number of hydrogen-bond donors (Lipinski definition) is 1. The number of carbonyl (C=O) groups is 2. The summed E-state index contributed by atoms with van der Waals surface area (Å²) in [4.78, 5) is 31.1. The van der Waals surface area contributed by atoms with Crippen LogP contribution >= 0.6 is 0 Å². The molecule has 28 heavy (non-hydrogen) atoms. The molecule has 0 spiro atoms. The quantitative estimate of drug-likeness (QED) is 0.500. The van der Waals surface area contributed by atoms with Gasteiger partial charge in [-0.1, -0.05) is 6.07 Å². The van der Waals surface area contributed by atoms with Crippen molar-refractivity contribution in [2.45, 2.75) is 25.0 Å². The molecule has 2 fully saturated rings. The molecule has 2 aliphatic heterocycles. The van der Waals surface area contributed by atoms with Crippen LogP contribution in [0.15, 0.2) is 54.4 Å². The molecule has 4 rings (SSSR count). The smallest absolute Gasteiger partial charge is 0.295 e. The lowest BCUT2D eigenvalue weighted by Crippen LogP contribution is -2.36. The van der Waals surface area contributed by atoms with Crippen molar-refractivity contribution in [2.24, 2.45) is 0 Å². The zero-order chi connectivity index (χ0) is 19.7. The molecule has 144 valence electrons. The van der Waals surface area contributed by atoms with Gasteiger partial charge in [0.05, 0.1) is 17.7 Å². The minimum Gasteiger partial charge on any atom is -0.507 e. The van der Waals surface area contributed by atoms with Gasteiger partial charge in [-0.25, -0.2) is 4.39 Å². The van der Waals surface area contributed by atoms with Gasteiger partial charge in [-0.05, 0) is 48.7 Å². The Morgan fingerprint density at radius 2 is 2.04 bits per heavy atom. The van der Waals surface area contributed by atoms with Crippen LogP contribution < -0.4 is 0 Å². The standard InChI is InChI=1S/C21H19FN2O4/c22-15-7-5-13(6-8-15)19(25)17-18(14-3-1-9-23-11-14)24(21(27)20(17)26)12-16-4-2-10-28-16/h1,3,5-9,11,16,18,25H,2,4,10,12H2/t16-,18-/m0/s1. The van der Waals surface area contributed by atoms with Gasteiger partial charge in [0.1, 0.15) is 11.6 Å². The number of benzene rings is 1. The van der Waals surface area contributed by atoms with E-state index in [2.05, 4.69) is 4.98 Å². The van der Waals surface area contributed by atoms with Crippen LogP contribution in [0.1, 0.15) is 30.0 Å². The summed E-state index contributed by atoms with van der Waals surface area (Å²) in [5.41, 5.74) is 0.858. The Hall–Kier alpha value is -3.06. The van der Waals surface area contributed by atoms with Crippen LogP contribution in [0.3, 0.4) is 0 Å². The molecule has 1 aromatic carbocycles. The first kappa shape index (κ1) is 18.3. The van der Waals surface area contributed by atoms with E-state index in [-0.39, 0.29) is 29.5 Å². The van der Waals surface area contributed by atoms with Gasteiger partial charge in [0.2, 0.25) is 0 Å². The molecule has 0 radical (unpaired) electrons. The van der Waals surface area contributed by atoms with Gasteiger partial charge < -0.3 is 14.7 Å². The molecule has 1 N–H and O–H groups in total. The van der Waals surface area contributed by atoms with Crippen molar-refractivity contribution in [3.63, 3.8) is 0 Å². The van der Waals surface area contributed by atoms with Crippen LogP contribution in [-0.2, 0) is 14.3 Å². The molecule has 1 aromatic heterocycles. The molecular formula is C21H19FN2O4. The first-order valence-electron chi connectivity index (χ1n) is 9.12. The number of rotatable bonds is 4. The van der Waals surface area contributed by atoms with Crippen LogP contribution in [-0.4, -0.2) is 45.9 Å². The first-order valence-corrected chi connectivity index (χ1v) is 9.12. The Balaban J connectivity index is 1.80. The summed E-state index contributed by atoms with van der Waals surface area (Å²) in [5, 5.41) is 10.8. The van der Waals surface area contributed by atoms with Crippen molar-refractivity contribution in [3.8, 4) is 0 Å². The van der Waals surface area contributed by atoms with Gasteiger partial charge in [-0.15, -0.1) is 0 Å². The molecule has 6 nitrogen and oxygen atoms in total. The summed E-state index contributed by atoms with van der Waals surface area (Å²) in [6.45, 7) is 0.881. The molecular weight excluding hydrogens is 363 g/mol.